The maximum absolute atomic E-state index is 12.6. The lowest BCUT2D eigenvalue weighted by Gasteiger charge is -2.31. The van der Waals surface area contributed by atoms with Crippen LogP contribution in [0.4, 0.5) is 0 Å². The van der Waals surface area contributed by atoms with Crippen LogP contribution in [0.15, 0.2) is 0 Å². The molecule has 0 bridgehead atoms. The molecule has 1 unspecified atom stereocenters. The van der Waals surface area contributed by atoms with Gasteiger partial charge in [0, 0.05) is 19.0 Å². The van der Waals surface area contributed by atoms with Crippen LogP contribution in [-0.4, -0.2) is 35.0 Å². The molecule has 1 aliphatic carbocycles. The van der Waals surface area contributed by atoms with Gasteiger partial charge in [-0.25, -0.2) is 0 Å². The van der Waals surface area contributed by atoms with Crippen LogP contribution in [0.5, 0.6) is 0 Å². The van der Waals surface area contributed by atoms with E-state index in [9.17, 15) is 9.59 Å². The van der Waals surface area contributed by atoms with Crippen molar-refractivity contribution < 1.29 is 14.7 Å². The third-order valence-electron chi connectivity index (χ3n) is 4.16. The number of nitrogens with zero attached hydrogens (tertiary/aromatic N) is 1. The van der Waals surface area contributed by atoms with E-state index in [1.807, 2.05) is 0 Å². The summed E-state index contributed by atoms with van der Waals surface area (Å²) >= 11 is 0. The van der Waals surface area contributed by atoms with Gasteiger partial charge >= 0.3 is 5.97 Å². The SMILES string of the molecule is CC(C)CCN(CC(C)C(=O)O)C(=O)C1CCCCC1. The number of carbonyl (C=O) groups is 2. The van der Waals surface area contributed by atoms with Gasteiger partial charge in [-0.2, -0.15) is 0 Å². The average molecular weight is 283 g/mol. The predicted molar refractivity (Wildman–Crippen MR) is 79.4 cm³/mol. The van der Waals surface area contributed by atoms with Crippen molar-refractivity contribution in [3.8, 4) is 0 Å². The van der Waals surface area contributed by atoms with E-state index in [0.717, 1.165) is 32.1 Å². The summed E-state index contributed by atoms with van der Waals surface area (Å²) in [6.45, 7) is 6.97. The summed E-state index contributed by atoms with van der Waals surface area (Å²) in [7, 11) is 0. The Kier molecular flexibility index (Phi) is 7.03. The van der Waals surface area contributed by atoms with E-state index in [4.69, 9.17) is 5.11 Å². The van der Waals surface area contributed by atoms with Gasteiger partial charge in [0.1, 0.15) is 0 Å². The summed E-state index contributed by atoms with van der Waals surface area (Å²) in [6.07, 6.45) is 6.36. The molecule has 4 heteroatoms. The minimum Gasteiger partial charge on any atom is -0.481 e. The van der Waals surface area contributed by atoms with Crippen molar-refractivity contribution in [1.29, 1.82) is 0 Å². The van der Waals surface area contributed by atoms with Crippen molar-refractivity contribution in [2.45, 2.75) is 59.3 Å². The van der Waals surface area contributed by atoms with Crippen molar-refractivity contribution in [1.82, 2.24) is 4.90 Å². The molecule has 0 saturated heterocycles. The zero-order valence-corrected chi connectivity index (χ0v) is 13.1. The summed E-state index contributed by atoms with van der Waals surface area (Å²) in [5, 5.41) is 9.06. The van der Waals surface area contributed by atoms with Crippen LogP contribution in [0.25, 0.3) is 0 Å². The lowest BCUT2D eigenvalue weighted by molar-refractivity contribution is -0.144. The number of rotatable bonds is 7. The Morgan fingerprint density at radius 2 is 1.75 bits per heavy atom. The molecule has 0 aromatic rings. The fourth-order valence-electron chi connectivity index (χ4n) is 2.72. The van der Waals surface area contributed by atoms with Gasteiger partial charge in [-0.1, -0.05) is 40.0 Å². The molecule has 0 aliphatic heterocycles. The van der Waals surface area contributed by atoms with Crippen LogP contribution in [0.2, 0.25) is 0 Å². The Balaban J connectivity index is 2.63. The molecule has 1 N–H and O–H groups in total. The lowest BCUT2D eigenvalue weighted by Crippen LogP contribution is -2.42. The second-order valence-corrected chi connectivity index (χ2v) is 6.54. The summed E-state index contributed by atoms with van der Waals surface area (Å²) < 4.78 is 0. The molecule has 0 spiro atoms. The van der Waals surface area contributed by atoms with Crippen LogP contribution in [-0.2, 0) is 9.59 Å². The molecule has 116 valence electrons. The van der Waals surface area contributed by atoms with Crippen molar-refractivity contribution >= 4 is 11.9 Å². The second-order valence-electron chi connectivity index (χ2n) is 6.54. The largest absolute Gasteiger partial charge is 0.481 e. The molecular formula is C16H29NO3. The highest BCUT2D eigenvalue weighted by molar-refractivity contribution is 5.79. The van der Waals surface area contributed by atoms with Crippen molar-refractivity contribution in [3.63, 3.8) is 0 Å². The molecule has 20 heavy (non-hydrogen) atoms. The molecule has 0 radical (unpaired) electrons. The van der Waals surface area contributed by atoms with Gasteiger partial charge in [-0.15, -0.1) is 0 Å². The Bertz CT molecular complexity index is 322. The van der Waals surface area contributed by atoms with E-state index < -0.39 is 11.9 Å². The molecule has 4 nitrogen and oxygen atoms in total. The van der Waals surface area contributed by atoms with Gasteiger partial charge in [0.2, 0.25) is 5.91 Å². The molecule has 0 heterocycles. The Morgan fingerprint density at radius 1 is 1.15 bits per heavy atom. The van der Waals surface area contributed by atoms with Gasteiger partial charge in [0.25, 0.3) is 0 Å². The maximum atomic E-state index is 12.6. The van der Waals surface area contributed by atoms with E-state index in [1.165, 1.54) is 6.42 Å². The highest BCUT2D eigenvalue weighted by atomic mass is 16.4. The molecule has 1 fully saturated rings. The van der Waals surface area contributed by atoms with E-state index in [1.54, 1.807) is 11.8 Å². The Labute approximate surface area is 122 Å². The molecule has 1 atom stereocenters. The monoisotopic (exact) mass is 283 g/mol. The topological polar surface area (TPSA) is 57.6 Å². The zero-order chi connectivity index (χ0) is 15.1. The van der Waals surface area contributed by atoms with Crippen LogP contribution in [0.1, 0.15) is 59.3 Å². The first-order valence-corrected chi connectivity index (χ1v) is 7.93. The number of carbonyl (C=O) groups excluding carboxylic acids is 1. The van der Waals surface area contributed by atoms with Crippen LogP contribution in [0.3, 0.4) is 0 Å². The number of carboxylic acids is 1. The fourth-order valence-corrected chi connectivity index (χ4v) is 2.72. The van der Waals surface area contributed by atoms with E-state index in [-0.39, 0.29) is 11.8 Å². The number of hydrogen-bond acceptors (Lipinski definition) is 2. The number of aliphatic carboxylic acids is 1. The van der Waals surface area contributed by atoms with Crippen molar-refractivity contribution in [2.24, 2.45) is 17.8 Å². The highest BCUT2D eigenvalue weighted by Crippen LogP contribution is 2.26. The van der Waals surface area contributed by atoms with Crippen LogP contribution in [0, 0.1) is 17.8 Å². The third kappa shape index (κ3) is 5.51. The molecule has 1 rings (SSSR count). The molecule has 0 aromatic heterocycles. The quantitative estimate of drug-likeness (QED) is 0.780. The smallest absolute Gasteiger partial charge is 0.308 e. The third-order valence-corrected chi connectivity index (χ3v) is 4.16. The maximum Gasteiger partial charge on any atom is 0.308 e. The number of amides is 1. The van der Waals surface area contributed by atoms with Gasteiger partial charge < -0.3 is 10.0 Å². The Hall–Kier alpha value is -1.06. The van der Waals surface area contributed by atoms with Crippen molar-refractivity contribution in [3.05, 3.63) is 0 Å². The van der Waals surface area contributed by atoms with Crippen LogP contribution < -0.4 is 0 Å². The van der Waals surface area contributed by atoms with E-state index >= 15 is 0 Å². The first-order valence-electron chi connectivity index (χ1n) is 7.93. The minimum absolute atomic E-state index is 0.122. The van der Waals surface area contributed by atoms with E-state index in [2.05, 4.69) is 13.8 Å². The second kappa shape index (κ2) is 8.28. The van der Waals surface area contributed by atoms with E-state index in [0.29, 0.717) is 19.0 Å². The van der Waals surface area contributed by atoms with Gasteiger partial charge in [0.15, 0.2) is 0 Å². The predicted octanol–water partition coefficient (Wildman–Crippen LogP) is 3.16. The zero-order valence-electron chi connectivity index (χ0n) is 13.1. The summed E-state index contributed by atoms with van der Waals surface area (Å²) in [5.41, 5.74) is 0. The highest BCUT2D eigenvalue weighted by Gasteiger charge is 2.28. The van der Waals surface area contributed by atoms with Gasteiger partial charge in [0.05, 0.1) is 5.92 Å². The summed E-state index contributed by atoms with van der Waals surface area (Å²) in [6, 6.07) is 0. The number of hydrogen-bond donors (Lipinski definition) is 1. The molecular weight excluding hydrogens is 254 g/mol. The average Bonchev–Trinajstić information content (AvgIpc) is 2.43. The standard InChI is InChI=1S/C16H29NO3/c1-12(2)9-10-17(11-13(3)16(19)20)15(18)14-7-5-4-6-8-14/h12-14H,4-11H2,1-3H3,(H,19,20). The first-order chi connectivity index (χ1) is 9.41. The Morgan fingerprint density at radius 3 is 2.25 bits per heavy atom. The molecule has 0 aromatic carbocycles. The molecule has 1 saturated carbocycles. The lowest BCUT2D eigenvalue weighted by atomic mass is 9.88. The fraction of sp³-hybridized carbons (Fsp3) is 0.875. The molecule has 1 amide bonds. The number of carboxylic acid groups (broad SMARTS) is 1. The first kappa shape index (κ1) is 17.0. The van der Waals surface area contributed by atoms with Crippen molar-refractivity contribution in [2.75, 3.05) is 13.1 Å². The minimum atomic E-state index is -0.823. The van der Waals surface area contributed by atoms with Gasteiger partial charge in [-0.05, 0) is 25.2 Å². The summed E-state index contributed by atoms with van der Waals surface area (Å²) in [4.78, 5) is 25.4. The normalized spacial score (nSPS) is 18.0. The van der Waals surface area contributed by atoms with Crippen LogP contribution >= 0.6 is 0 Å². The van der Waals surface area contributed by atoms with Gasteiger partial charge in [-0.3, -0.25) is 9.59 Å². The summed E-state index contributed by atoms with van der Waals surface area (Å²) in [5.74, 6) is -0.488. The molecule has 1 aliphatic rings.